The number of carboxylic acid groups (broad SMARTS) is 1. The monoisotopic (exact) mass is 242 g/mol. The number of methoxy groups -OCH3 is 1. The fourth-order valence-electron chi connectivity index (χ4n) is 1.23. The molecule has 1 aromatic carbocycles. The van der Waals surface area contributed by atoms with Crippen molar-refractivity contribution in [3.05, 3.63) is 24.0 Å². The molecule has 0 amide bonds. The maximum absolute atomic E-state index is 13.1. The second-order valence-corrected chi connectivity index (χ2v) is 3.75. The van der Waals surface area contributed by atoms with Crippen molar-refractivity contribution in [1.82, 2.24) is 0 Å². The lowest BCUT2D eigenvalue weighted by Gasteiger charge is -2.18. The van der Waals surface area contributed by atoms with Gasteiger partial charge in [0.15, 0.2) is 11.6 Å². The van der Waals surface area contributed by atoms with Gasteiger partial charge in [-0.1, -0.05) is 0 Å². The predicted molar refractivity (Wildman–Crippen MR) is 59.8 cm³/mol. The molecule has 0 aliphatic heterocycles. The molecule has 2 unspecified atom stereocenters. The van der Waals surface area contributed by atoms with Crippen molar-refractivity contribution >= 4 is 5.97 Å². The van der Waals surface area contributed by atoms with Crippen LogP contribution in [0.15, 0.2) is 18.2 Å². The number of carbonyl (C=O) groups is 1. The average molecular weight is 242 g/mol. The molecule has 94 valence electrons. The van der Waals surface area contributed by atoms with E-state index >= 15 is 0 Å². The standard InChI is InChI=1S/C12H15FO4/c1-7(12(14)15)8(2)17-9-4-5-10(13)11(6-9)16-3/h4-8H,1-3H3,(H,14,15). The molecule has 17 heavy (non-hydrogen) atoms. The Morgan fingerprint density at radius 2 is 2.06 bits per heavy atom. The Kier molecular flexibility index (Phi) is 4.31. The van der Waals surface area contributed by atoms with Crippen LogP contribution < -0.4 is 9.47 Å². The van der Waals surface area contributed by atoms with Crippen molar-refractivity contribution in [3.63, 3.8) is 0 Å². The second-order valence-electron chi connectivity index (χ2n) is 3.75. The fraction of sp³-hybridized carbons (Fsp3) is 0.417. The molecule has 0 saturated heterocycles. The van der Waals surface area contributed by atoms with Gasteiger partial charge in [0, 0.05) is 6.07 Å². The molecular weight excluding hydrogens is 227 g/mol. The van der Waals surface area contributed by atoms with Crippen LogP contribution in [-0.4, -0.2) is 24.3 Å². The maximum Gasteiger partial charge on any atom is 0.309 e. The van der Waals surface area contributed by atoms with Crippen LogP contribution >= 0.6 is 0 Å². The van der Waals surface area contributed by atoms with Gasteiger partial charge in [0.25, 0.3) is 0 Å². The first-order chi connectivity index (χ1) is 7.95. The van der Waals surface area contributed by atoms with Gasteiger partial charge >= 0.3 is 5.97 Å². The largest absolute Gasteiger partial charge is 0.494 e. The minimum Gasteiger partial charge on any atom is -0.494 e. The topological polar surface area (TPSA) is 55.8 Å². The lowest BCUT2D eigenvalue weighted by Crippen LogP contribution is -2.27. The van der Waals surface area contributed by atoms with E-state index in [1.807, 2.05) is 0 Å². The van der Waals surface area contributed by atoms with E-state index in [9.17, 15) is 9.18 Å². The van der Waals surface area contributed by atoms with Crippen LogP contribution in [0, 0.1) is 11.7 Å². The van der Waals surface area contributed by atoms with Gasteiger partial charge < -0.3 is 14.6 Å². The van der Waals surface area contributed by atoms with Crippen molar-refractivity contribution in [2.45, 2.75) is 20.0 Å². The third-order valence-corrected chi connectivity index (χ3v) is 2.54. The molecule has 1 N–H and O–H groups in total. The summed E-state index contributed by atoms with van der Waals surface area (Å²) in [6.07, 6.45) is -0.511. The zero-order valence-electron chi connectivity index (χ0n) is 9.94. The summed E-state index contributed by atoms with van der Waals surface area (Å²) in [7, 11) is 1.35. The zero-order valence-corrected chi connectivity index (χ0v) is 9.94. The van der Waals surface area contributed by atoms with Gasteiger partial charge in [-0.2, -0.15) is 0 Å². The maximum atomic E-state index is 13.1. The highest BCUT2D eigenvalue weighted by Gasteiger charge is 2.21. The molecule has 5 heteroatoms. The van der Waals surface area contributed by atoms with Crippen LogP contribution in [-0.2, 0) is 4.79 Å². The molecule has 1 rings (SSSR count). The summed E-state index contributed by atoms with van der Waals surface area (Å²) >= 11 is 0. The van der Waals surface area contributed by atoms with Crippen molar-refractivity contribution in [2.75, 3.05) is 7.11 Å². The molecule has 0 aliphatic rings. The first-order valence-corrected chi connectivity index (χ1v) is 5.18. The third kappa shape index (κ3) is 3.34. The first-order valence-electron chi connectivity index (χ1n) is 5.18. The van der Waals surface area contributed by atoms with E-state index in [1.54, 1.807) is 13.8 Å². The molecular formula is C12H15FO4. The van der Waals surface area contributed by atoms with Gasteiger partial charge in [0.05, 0.1) is 13.0 Å². The van der Waals surface area contributed by atoms with Crippen molar-refractivity contribution < 1.29 is 23.8 Å². The fourth-order valence-corrected chi connectivity index (χ4v) is 1.23. The Balaban J connectivity index is 2.78. The lowest BCUT2D eigenvalue weighted by atomic mass is 10.1. The number of hydrogen-bond acceptors (Lipinski definition) is 3. The van der Waals surface area contributed by atoms with Crippen LogP contribution in [0.4, 0.5) is 4.39 Å². The van der Waals surface area contributed by atoms with E-state index in [2.05, 4.69) is 0 Å². The predicted octanol–water partition coefficient (Wildman–Crippen LogP) is 2.32. The van der Waals surface area contributed by atoms with Crippen molar-refractivity contribution in [2.24, 2.45) is 5.92 Å². The summed E-state index contributed by atoms with van der Waals surface area (Å²) in [5.74, 6) is -1.63. The van der Waals surface area contributed by atoms with Crippen molar-refractivity contribution in [1.29, 1.82) is 0 Å². The number of ether oxygens (including phenoxy) is 2. The Morgan fingerprint density at radius 3 is 2.59 bits per heavy atom. The van der Waals surface area contributed by atoms with Crippen LogP contribution in [0.25, 0.3) is 0 Å². The van der Waals surface area contributed by atoms with E-state index in [-0.39, 0.29) is 5.75 Å². The number of hydrogen-bond donors (Lipinski definition) is 1. The molecule has 0 saturated carbocycles. The van der Waals surface area contributed by atoms with Gasteiger partial charge in [-0.05, 0) is 26.0 Å². The lowest BCUT2D eigenvalue weighted by molar-refractivity contribution is -0.143. The van der Waals surface area contributed by atoms with E-state index in [4.69, 9.17) is 14.6 Å². The Labute approximate surface area is 99.0 Å². The van der Waals surface area contributed by atoms with E-state index in [1.165, 1.54) is 25.3 Å². The van der Waals surface area contributed by atoms with E-state index in [0.717, 1.165) is 0 Å². The Morgan fingerprint density at radius 1 is 1.41 bits per heavy atom. The van der Waals surface area contributed by atoms with Gasteiger partial charge in [0.2, 0.25) is 0 Å². The summed E-state index contributed by atoms with van der Waals surface area (Å²) in [4.78, 5) is 10.7. The highest BCUT2D eigenvalue weighted by Crippen LogP contribution is 2.24. The van der Waals surface area contributed by atoms with Gasteiger partial charge in [-0.25, -0.2) is 4.39 Å². The molecule has 0 heterocycles. The van der Waals surface area contributed by atoms with E-state index in [0.29, 0.717) is 5.75 Å². The molecule has 4 nitrogen and oxygen atoms in total. The molecule has 0 aromatic heterocycles. The Hall–Kier alpha value is -1.78. The smallest absolute Gasteiger partial charge is 0.309 e. The molecule has 0 spiro atoms. The summed E-state index contributed by atoms with van der Waals surface area (Å²) in [5.41, 5.74) is 0. The summed E-state index contributed by atoms with van der Waals surface area (Å²) in [6.45, 7) is 3.20. The van der Waals surface area contributed by atoms with E-state index < -0.39 is 23.8 Å². The number of aliphatic carboxylic acids is 1. The summed E-state index contributed by atoms with van der Waals surface area (Å²) < 4.78 is 23.3. The third-order valence-electron chi connectivity index (χ3n) is 2.54. The second kappa shape index (κ2) is 5.52. The van der Waals surface area contributed by atoms with Crippen LogP contribution in [0.1, 0.15) is 13.8 Å². The first kappa shape index (κ1) is 13.3. The highest BCUT2D eigenvalue weighted by molar-refractivity contribution is 5.70. The summed E-state index contributed by atoms with van der Waals surface area (Å²) in [5, 5.41) is 8.81. The normalized spacial score (nSPS) is 13.9. The quantitative estimate of drug-likeness (QED) is 0.860. The minimum absolute atomic E-state index is 0.0673. The van der Waals surface area contributed by atoms with Gasteiger partial charge in [0.1, 0.15) is 11.9 Å². The number of rotatable bonds is 5. The van der Waals surface area contributed by atoms with Crippen LogP contribution in [0.5, 0.6) is 11.5 Å². The number of halogens is 1. The zero-order chi connectivity index (χ0) is 13.0. The molecule has 0 fully saturated rings. The number of benzene rings is 1. The SMILES string of the molecule is COc1cc(OC(C)C(C)C(=O)O)ccc1F. The molecule has 0 aliphatic carbocycles. The molecule has 1 aromatic rings. The molecule has 0 bridgehead atoms. The molecule has 2 atom stereocenters. The minimum atomic E-state index is -0.938. The van der Waals surface area contributed by atoms with Crippen molar-refractivity contribution in [3.8, 4) is 11.5 Å². The van der Waals surface area contributed by atoms with Gasteiger partial charge in [-0.3, -0.25) is 4.79 Å². The average Bonchev–Trinajstić information content (AvgIpc) is 2.30. The number of carboxylic acids is 1. The van der Waals surface area contributed by atoms with Crippen LogP contribution in [0.3, 0.4) is 0 Å². The Bertz CT molecular complexity index is 405. The van der Waals surface area contributed by atoms with Crippen LogP contribution in [0.2, 0.25) is 0 Å². The van der Waals surface area contributed by atoms with Gasteiger partial charge in [-0.15, -0.1) is 0 Å². The molecule has 0 radical (unpaired) electrons. The highest BCUT2D eigenvalue weighted by atomic mass is 19.1. The summed E-state index contributed by atoms with van der Waals surface area (Å²) in [6, 6.07) is 4.04.